The molecule has 0 radical (unpaired) electrons. The minimum Gasteiger partial charge on any atom is -0.394 e. The van der Waals surface area contributed by atoms with Gasteiger partial charge in [-0.1, -0.05) is 12.1 Å². The number of hydrogen-bond acceptors (Lipinski definition) is 7. The van der Waals surface area contributed by atoms with Crippen molar-refractivity contribution in [2.75, 3.05) is 39.5 Å². The van der Waals surface area contributed by atoms with E-state index in [-0.39, 0.29) is 24.8 Å². The number of aliphatic hydroxyl groups is 1. The molecule has 2 aliphatic heterocycles. The first-order chi connectivity index (χ1) is 14.0. The summed E-state index contributed by atoms with van der Waals surface area (Å²) in [7, 11) is 0. The lowest BCUT2D eigenvalue weighted by atomic mass is 10.0. The summed E-state index contributed by atoms with van der Waals surface area (Å²) < 4.78 is 5.36. The van der Waals surface area contributed by atoms with Crippen LogP contribution in [0.2, 0.25) is 0 Å². The van der Waals surface area contributed by atoms with Crippen molar-refractivity contribution < 1.29 is 24.2 Å². The maximum Gasteiger partial charge on any atom is 0.255 e. The summed E-state index contributed by atoms with van der Waals surface area (Å²) in [5.74, 6) is -0.875. The summed E-state index contributed by atoms with van der Waals surface area (Å²) >= 11 is 0. The Morgan fingerprint density at radius 2 is 2.07 bits per heavy atom. The molecule has 2 aliphatic rings. The molecular formula is C20H28N4O5. The van der Waals surface area contributed by atoms with Gasteiger partial charge in [0.1, 0.15) is 6.04 Å². The Morgan fingerprint density at radius 3 is 2.79 bits per heavy atom. The topological polar surface area (TPSA) is 125 Å². The minimum absolute atomic E-state index is 0.0125. The van der Waals surface area contributed by atoms with Crippen LogP contribution in [0.25, 0.3) is 0 Å². The van der Waals surface area contributed by atoms with Crippen molar-refractivity contribution in [3.8, 4) is 0 Å². The molecule has 1 aromatic carbocycles. The van der Waals surface area contributed by atoms with Crippen LogP contribution in [-0.4, -0.2) is 78.1 Å². The Hall–Kier alpha value is -2.33. The molecule has 29 heavy (non-hydrogen) atoms. The first-order valence-corrected chi connectivity index (χ1v) is 9.91. The van der Waals surface area contributed by atoms with Crippen LogP contribution in [0.5, 0.6) is 0 Å². The molecule has 2 heterocycles. The van der Waals surface area contributed by atoms with Crippen molar-refractivity contribution in [1.82, 2.24) is 15.1 Å². The zero-order valence-electron chi connectivity index (χ0n) is 16.4. The van der Waals surface area contributed by atoms with Gasteiger partial charge >= 0.3 is 0 Å². The van der Waals surface area contributed by atoms with Gasteiger partial charge in [0, 0.05) is 44.7 Å². The quantitative estimate of drug-likeness (QED) is 0.345. The molecule has 9 nitrogen and oxygen atoms in total. The number of hydrogen-bond donors (Lipinski definition) is 3. The molecule has 1 fully saturated rings. The molecule has 3 amide bonds. The number of amides is 3. The van der Waals surface area contributed by atoms with Gasteiger partial charge in [0.2, 0.25) is 11.8 Å². The summed E-state index contributed by atoms with van der Waals surface area (Å²) in [5, 5.41) is 11.1. The molecule has 1 atom stereocenters. The van der Waals surface area contributed by atoms with Crippen LogP contribution in [0.4, 0.5) is 0 Å². The molecule has 0 aliphatic carbocycles. The van der Waals surface area contributed by atoms with E-state index < -0.39 is 11.9 Å². The summed E-state index contributed by atoms with van der Waals surface area (Å²) in [5.41, 5.74) is 8.28. The standard InChI is InChI=1S/C20H28N4O5/c21-6-7-23(8-10-29-11-9-25)12-14-2-1-3-15-16(14)13-24(20(15)28)17-4-5-18(26)22-19(17)27/h1-3,17,25H,4-13,21H2,(H,22,26,27). The second kappa shape index (κ2) is 9.93. The lowest BCUT2D eigenvalue weighted by molar-refractivity contribution is -0.136. The van der Waals surface area contributed by atoms with Gasteiger partial charge < -0.3 is 20.5 Å². The second-order valence-electron chi connectivity index (χ2n) is 7.24. The highest BCUT2D eigenvalue weighted by Crippen LogP contribution is 2.30. The first kappa shape index (κ1) is 21.4. The van der Waals surface area contributed by atoms with Gasteiger partial charge in [-0.3, -0.25) is 24.6 Å². The summed E-state index contributed by atoms with van der Waals surface area (Å²) in [6.07, 6.45) is 0.586. The van der Waals surface area contributed by atoms with E-state index in [0.717, 1.165) is 11.1 Å². The fourth-order valence-corrected chi connectivity index (χ4v) is 3.85. The lowest BCUT2D eigenvalue weighted by Gasteiger charge is -2.29. The maximum absolute atomic E-state index is 12.9. The molecule has 3 rings (SSSR count). The van der Waals surface area contributed by atoms with Crippen LogP contribution < -0.4 is 11.1 Å². The molecule has 9 heteroatoms. The van der Waals surface area contributed by atoms with Crippen molar-refractivity contribution in [2.24, 2.45) is 5.73 Å². The van der Waals surface area contributed by atoms with E-state index in [1.165, 1.54) is 0 Å². The van der Waals surface area contributed by atoms with Crippen molar-refractivity contribution in [1.29, 1.82) is 0 Å². The highest BCUT2D eigenvalue weighted by atomic mass is 16.5. The van der Waals surface area contributed by atoms with Gasteiger partial charge in [-0.25, -0.2) is 0 Å². The van der Waals surface area contributed by atoms with Crippen LogP contribution in [0, 0.1) is 0 Å². The van der Waals surface area contributed by atoms with Gasteiger partial charge in [-0.15, -0.1) is 0 Å². The lowest BCUT2D eigenvalue weighted by Crippen LogP contribution is -2.52. The Labute approximate surface area is 169 Å². The molecule has 4 N–H and O–H groups in total. The molecular weight excluding hydrogens is 376 g/mol. The Morgan fingerprint density at radius 1 is 1.24 bits per heavy atom. The van der Waals surface area contributed by atoms with E-state index >= 15 is 0 Å². The summed E-state index contributed by atoms with van der Waals surface area (Å²) in [4.78, 5) is 40.3. The number of benzene rings is 1. The molecule has 158 valence electrons. The van der Waals surface area contributed by atoms with Crippen LogP contribution >= 0.6 is 0 Å². The SMILES string of the molecule is NCCN(CCOCCO)Cc1cccc2c1CN(C1CCC(=O)NC1=O)C2=O. The van der Waals surface area contributed by atoms with Crippen LogP contribution in [0.15, 0.2) is 18.2 Å². The third-order valence-electron chi connectivity index (χ3n) is 5.31. The average Bonchev–Trinajstić information content (AvgIpc) is 3.03. The number of nitrogens with zero attached hydrogens (tertiary/aromatic N) is 2. The van der Waals surface area contributed by atoms with Crippen LogP contribution in [0.1, 0.15) is 34.3 Å². The van der Waals surface area contributed by atoms with E-state index in [9.17, 15) is 14.4 Å². The van der Waals surface area contributed by atoms with E-state index in [1.807, 2.05) is 12.1 Å². The van der Waals surface area contributed by atoms with Crippen LogP contribution in [-0.2, 0) is 27.4 Å². The van der Waals surface area contributed by atoms with Crippen molar-refractivity contribution in [3.05, 3.63) is 34.9 Å². The van der Waals surface area contributed by atoms with Gasteiger partial charge in [0.25, 0.3) is 5.91 Å². The van der Waals surface area contributed by atoms with Gasteiger partial charge in [0.05, 0.1) is 19.8 Å². The van der Waals surface area contributed by atoms with E-state index in [0.29, 0.717) is 57.9 Å². The number of carbonyl (C=O) groups is 3. The average molecular weight is 404 g/mol. The molecule has 0 saturated carbocycles. The molecule has 0 spiro atoms. The number of aliphatic hydroxyl groups excluding tert-OH is 1. The molecule has 1 unspecified atom stereocenters. The third-order valence-corrected chi connectivity index (χ3v) is 5.31. The molecule has 1 aromatic rings. The number of rotatable bonds is 10. The normalized spacial score (nSPS) is 19.1. The number of nitrogens with one attached hydrogen (secondary N) is 1. The Balaban J connectivity index is 1.72. The second-order valence-corrected chi connectivity index (χ2v) is 7.24. The highest BCUT2D eigenvalue weighted by Gasteiger charge is 2.39. The maximum atomic E-state index is 12.9. The predicted molar refractivity (Wildman–Crippen MR) is 105 cm³/mol. The number of carbonyl (C=O) groups excluding carboxylic acids is 3. The Kier molecular flexibility index (Phi) is 7.32. The summed E-state index contributed by atoms with van der Waals surface area (Å²) in [6.45, 7) is 3.57. The van der Waals surface area contributed by atoms with Crippen molar-refractivity contribution in [3.63, 3.8) is 0 Å². The monoisotopic (exact) mass is 404 g/mol. The number of nitrogens with two attached hydrogens (primary N) is 1. The highest BCUT2D eigenvalue weighted by molar-refractivity contribution is 6.05. The molecule has 1 saturated heterocycles. The number of piperidine rings is 1. The van der Waals surface area contributed by atoms with E-state index in [1.54, 1.807) is 11.0 Å². The fourth-order valence-electron chi connectivity index (χ4n) is 3.85. The number of ether oxygens (including phenoxy) is 1. The van der Waals surface area contributed by atoms with E-state index in [2.05, 4.69) is 10.2 Å². The molecule has 0 aromatic heterocycles. The van der Waals surface area contributed by atoms with Crippen molar-refractivity contribution >= 4 is 17.7 Å². The van der Waals surface area contributed by atoms with Crippen LogP contribution in [0.3, 0.4) is 0 Å². The number of fused-ring (bicyclic) bond motifs is 1. The van der Waals surface area contributed by atoms with Gasteiger partial charge in [-0.05, 0) is 23.6 Å². The zero-order chi connectivity index (χ0) is 20.8. The Bertz CT molecular complexity index is 769. The predicted octanol–water partition coefficient (Wildman–Crippen LogP) is -0.783. The number of imide groups is 1. The third kappa shape index (κ3) is 4.99. The van der Waals surface area contributed by atoms with Gasteiger partial charge in [-0.2, -0.15) is 0 Å². The molecule has 0 bridgehead atoms. The minimum atomic E-state index is -0.618. The first-order valence-electron chi connectivity index (χ1n) is 9.91. The van der Waals surface area contributed by atoms with Gasteiger partial charge in [0.15, 0.2) is 0 Å². The van der Waals surface area contributed by atoms with Crippen molar-refractivity contribution in [2.45, 2.75) is 32.0 Å². The largest absolute Gasteiger partial charge is 0.394 e. The van der Waals surface area contributed by atoms with E-state index in [4.69, 9.17) is 15.6 Å². The fraction of sp³-hybridized carbons (Fsp3) is 0.550. The zero-order valence-corrected chi connectivity index (χ0v) is 16.4. The smallest absolute Gasteiger partial charge is 0.255 e. The summed E-state index contributed by atoms with van der Waals surface area (Å²) in [6, 6.07) is 5.00.